The Hall–Kier alpha value is -1.20. The largest absolute Gasteiger partial charge is 0.481 e. The molecule has 2 heterocycles. The highest BCUT2D eigenvalue weighted by molar-refractivity contribution is 9.10. The van der Waals surface area contributed by atoms with E-state index in [2.05, 4.69) is 30.9 Å². The van der Waals surface area contributed by atoms with Crippen LogP contribution in [0.25, 0.3) is 11.4 Å². The molecule has 0 radical (unpaired) electrons. The summed E-state index contributed by atoms with van der Waals surface area (Å²) in [5.41, 5.74) is 1.82. The summed E-state index contributed by atoms with van der Waals surface area (Å²) in [6.45, 7) is 0. The molecule has 6 heteroatoms. The van der Waals surface area contributed by atoms with E-state index in [4.69, 9.17) is 16.3 Å². The topological polar surface area (TPSA) is 47.9 Å². The lowest BCUT2D eigenvalue weighted by molar-refractivity contribution is 0.398. The minimum atomic E-state index is 0.447. The normalized spacial score (nSPS) is 14.5. The van der Waals surface area contributed by atoms with Gasteiger partial charge in [-0.25, -0.2) is 15.0 Å². The summed E-state index contributed by atoms with van der Waals surface area (Å²) in [6, 6.07) is 3.66. The Morgan fingerprint density at radius 2 is 2.11 bits per heavy atom. The highest BCUT2D eigenvalue weighted by Gasteiger charge is 2.29. The maximum atomic E-state index is 6.16. The van der Waals surface area contributed by atoms with Crippen molar-refractivity contribution < 1.29 is 4.74 Å². The zero-order valence-corrected chi connectivity index (χ0v) is 12.6. The van der Waals surface area contributed by atoms with Gasteiger partial charge in [-0.1, -0.05) is 11.6 Å². The lowest BCUT2D eigenvalue weighted by Gasteiger charge is -2.07. The summed E-state index contributed by atoms with van der Waals surface area (Å²) in [5, 5.41) is 0.447. The van der Waals surface area contributed by atoms with E-state index in [1.54, 1.807) is 19.4 Å². The van der Waals surface area contributed by atoms with E-state index >= 15 is 0 Å². The third-order valence-electron chi connectivity index (χ3n) is 3.00. The number of pyridine rings is 1. The van der Waals surface area contributed by atoms with Crippen molar-refractivity contribution in [3.63, 3.8) is 0 Å². The summed E-state index contributed by atoms with van der Waals surface area (Å²) >= 11 is 9.61. The molecule has 4 nitrogen and oxygen atoms in total. The molecule has 19 heavy (non-hydrogen) atoms. The van der Waals surface area contributed by atoms with Crippen molar-refractivity contribution in [1.82, 2.24) is 15.0 Å². The van der Waals surface area contributed by atoms with Gasteiger partial charge in [0.25, 0.3) is 0 Å². The zero-order chi connectivity index (χ0) is 13.4. The average molecular weight is 341 g/mol. The van der Waals surface area contributed by atoms with E-state index in [0.717, 1.165) is 28.6 Å². The predicted molar refractivity (Wildman–Crippen MR) is 76.5 cm³/mol. The van der Waals surface area contributed by atoms with E-state index < -0.39 is 0 Å². The molecule has 1 aliphatic rings. The van der Waals surface area contributed by atoms with Crippen LogP contribution >= 0.6 is 27.5 Å². The Bertz CT molecular complexity index is 614. The van der Waals surface area contributed by atoms with Crippen LogP contribution in [0.4, 0.5) is 0 Å². The summed E-state index contributed by atoms with van der Waals surface area (Å²) in [5.74, 6) is 1.67. The lowest BCUT2D eigenvalue weighted by atomic mass is 10.2. The average Bonchev–Trinajstić information content (AvgIpc) is 3.26. The zero-order valence-electron chi connectivity index (χ0n) is 10.2. The van der Waals surface area contributed by atoms with Gasteiger partial charge < -0.3 is 4.74 Å². The number of rotatable bonds is 3. The molecule has 1 saturated carbocycles. The van der Waals surface area contributed by atoms with Crippen molar-refractivity contribution in [1.29, 1.82) is 0 Å². The summed E-state index contributed by atoms with van der Waals surface area (Å²) in [4.78, 5) is 13.1. The van der Waals surface area contributed by atoms with Gasteiger partial charge >= 0.3 is 0 Å². The number of methoxy groups -OCH3 is 1. The summed E-state index contributed by atoms with van der Waals surface area (Å²) in [7, 11) is 1.58. The van der Waals surface area contributed by atoms with Crippen LogP contribution in [0, 0.1) is 0 Å². The third kappa shape index (κ3) is 2.58. The molecule has 3 rings (SSSR count). The third-order valence-corrected chi connectivity index (χ3v) is 4.29. The Morgan fingerprint density at radius 3 is 2.68 bits per heavy atom. The van der Waals surface area contributed by atoms with Crippen molar-refractivity contribution in [2.75, 3.05) is 7.11 Å². The predicted octanol–water partition coefficient (Wildman–Crippen LogP) is 3.84. The lowest BCUT2D eigenvalue weighted by Crippen LogP contribution is -1.98. The first kappa shape index (κ1) is 12.8. The van der Waals surface area contributed by atoms with Crippen LogP contribution in [0.15, 0.2) is 22.8 Å². The monoisotopic (exact) mass is 339 g/mol. The van der Waals surface area contributed by atoms with Crippen LogP contribution < -0.4 is 4.74 Å². The smallest absolute Gasteiger partial charge is 0.212 e. The maximum Gasteiger partial charge on any atom is 0.212 e. The van der Waals surface area contributed by atoms with E-state index in [-0.39, 0.29) is 0 Å². The molecule has 0 atom stereocenters. The van der Waals surface area contributed by atoms with Gasteiger partial charge in [0.05, 0.1) is 17.3 Å². The Kier molecular flexibility index (Phi) is 3.41. The minimum Gasteiger partial charge on any atom is -0.481 e. The first-order chi connectivity index (χ1) is 9.19. The van der Waals surface area contributed by atoms with Gasteiger partial charge in [0.15, 0.2) is 5.82 Å². The highest BCUT2D eigenvalue weighted by Crippen LogP contribution is 2.44. The molecule has 2 aromatic heterocycles. The fourth-order valence-electron chi connectivity index (χ4n) is 1.83. The molecule has 0 aromatic carbocycles. The Labute approximate surface area is 124 Å². The van der Waals surface area contributed by atoms with Crippen LogP contribution in [-0.4, -0.2) is 22.1 Å². The Balaban J connectivity index is 2.03. The molecule has 0 unspecified atom stereocenters. The molecule has 0 saturated heterocycles. The van der Waals surface area contributed by atoms with Crippen molar-refractivity contribution in [3.05, 3.63) is 33.6 Å². The van der Waals surface area contributed by atoms with Gasteiger partial charge in [-0.2, -0.15) is 0 Å². The fraction of sp³-hybridized carbons (Fsp3) is 0.308. The molecule has 0 aliphatic heterocycles. The molecule has 0 bridgehead atoms. The minimum absolute atomic E-state index is 0.447. The van der Waals surface area contributed by atoms with Crippen LogP contribution in [0.5, 0.6) is 5.88 Å². The quantitative estimate of drug-likeness (QED) is 0.797. The SMILES string of the molecule is COc1ccc(-c2nc(Cl)c(Br)c(C3CC3)n2)cn1. The van der Waals surface area contributed by atoms with Crippen LogP contribution in [0.2, 0.25) is 5.15 Å². The van der Waals surface area contributed by atoms with E-state index in [9.17, 15) is 0 Å². The molecule has 1 aliphatic carbocycles. The van der Waals surface area contributed by atoms with Crippen LogP contribution in [0.1, 0.15) is 24.5 Å². The van der Waals surface area contributed by atoms with Gasteiger partial charge in [-0.15, -0.1) is 0 Å². The summed E-state index contributed by atoms with van der Waals surface area (Å²) in [6.07, 6.45) is 4.01. The number of halogens is 2. The van der Waals surface area contributed by atoms with Crippen molar-refractivity contribution in [2.45, 2.75) is 18.8 Å². The molecule has 1 fully saturated rings. The molecule has 0 spiro atoms. The van der Waals surface area contributed by atoms with E-state index in [1.807, 2.05) is 6.07 Å². The van der Waals surface area contributed by atoms with Crippen molar-refractivity contribution in [3.8, 4) is 17.3 Å². The van der Waals surface area contributed by atoms with Crippen LogP contribution in [-0.2, 0) is 0 Å². The van der Waals surface area contributed by atoms with Crippen LogP contribution in [0.3, 0.4) is 0 Å². The second kappa shape index (κ2) is 5.06. The molecule has 98 valence electrons. The molecule has 0 amide bonds. The highest BCUT2D eigenvalue weighted by atomic mass is 79.9. The van der Waals surface area contributed by atoms with E-state index in [1.165, 1.54) is 0 Å². The molecular formula is C13H11BrClN3O. The van der Waals surface area contributed by atoms with Gasteiger partial charge in [0.2, 0.25) is 5.88 Å². The van der Waals surface area contributed by atoms with Crippen molar-refractivity contribution >= 4 is 27.5 Å². The number of aromatic nitrogens is 3. The fourth-order valence-corrected chi connectivity index (χ4v) is 2.50. The first-order valence-corrected chi connectivity index (χ1v) is 7.09. The number of hydrogen-bond acceptors (Lipinski definition) is 4. The van der Waals surface area contributed by atoms with Crippen molar-refractivity contribution in [2.24, 2.45) is 0 Å². The van der Waals surface area contributed by atoms with Gasteiger partial charge in [0.1, 0.15) is 5.15 Å². The number of nitrogens with zero attached hydrogens (tertiary/aromatic N) is 3. The number of ether oxygens (including phenoxy) is 1. The Morgan fingerprint density at radius 1 is 1.32 bits per heavy atom. The maximum absolute atomic E-state index is 6.16. The van der Waals surface area contributed by atoms with Gasteiger partial charge in [0, 0.05) is 23.7 Å². The summed E-state index contributed by atoms with van der Waals surface area (Å²) < 4.78 is 5.84. The van der Waals surface area contributed by atoms with E-state index in [0.29, 0.717) is 22.8 Å². The second-order valence-corrected chi connectivity index (χ2v) is 5.55. The van der Waals surface area contributed by atoms with Gasteiger partial charge in [-0.05, 0) is 34.8 Å². The number of hydrogen-bond donors (Lipinski definition) is 0. The second-order valence-electron chi connectivity index (χ2n) is 4.40. The standard InChI is InChI=1S/C13H11BrClN3O/c1-19-9-5-4-8(6-16-9)13-17-11(7-2-3-7)10(14)12(15)18-13/h4-7H,2-3H2,1H3. The molecule has 2 aromatic rings. The van der Waals surface area contributed by atoms with Gasteiger partial charge in [-0.3, -0.25) is 0 Å². The first-order valence-electron chi connectivity index (χ1n) is 5.92. The molecule has 0 N–H and O–H groups in total. The molecular weight excluding hydrogens is 330 g/mol.